The molecule has 1 aliphatic rings. The lowest BCUT2D eigenvalue weighted by atomic mass is 10.0. The van der Waals surface area contributed by atoms with Crippen LogP contribution in [0.4, 0.5) is 0 Å². The summed E-state index contributed by atoms with van der Waals surface area (Å²) in [5.74, 6) is -1.19. The van der Waals surface area contributed by atoms with Gasteiger partial charge < -0.3 is 19.5 Å². The fraction of sp³-hybridized carbons (Fsp3) is 0.304. The van der Waals surface area contributed by atoms with Gasteiger partial charge >= 0.3 is 5.97 Å². The molecule has 8 nitrogen and oxygen atoms in total. The maximum atomic E-state index is 12.9. The van der Waals surface area contributed by atoms with E-state index in [2.05, 4.69) is 0 Å². The lowest BCUT2D eigenvalue weighted by Crippen LogP contribution is -2.30. The minimum Gasteiger partial charge on any atom is -0.507 e. The van der Waals surface area contributed by atoms with Crippen LogP contribution in [0.3, 0.4) is 0 Å². The number of nitrogens with zero attached hydrogens (tertiary/aromatic N) is 2. The SMILES string of the molecule is CCOC(=O)COc1ccc(C(=O)CN2Cc3cc(C#N)ccc3C2=O)c(O)c1CC. The molecular weight excluding hydrogens is 400 g/mol. The summed E-state index contributed by atoms with van der Waals surface area (Å²) < 4.78 is 10.3. The Bertz CT molecular complexity index is 1090. The summed E-state index contributed by atoms with van der Waals surface area (Å²) >= 11 is 0. The van der Waals surface area contributed by atoms with Gasteiger partial charge in [-0.3, -0.25) is 9.59 Å². The number of amides is 1. The maximum absolute atomic E-state index is 12.9. The van der Waals surface area contributed by atoms with Crippen molar-refractivity contribution in [2.24, 2.45) is 0 Å². The first-order valence-electron chi connectivity index (χ1n) is 9.88. The van der Waals surface area contributed by atoms with Crippen LogP contribution in [0.15, 0.2) is 30.3 Å². The maximum Gasteiger partial charge on any atom is 0.344 e. The first kappa shape index (κ1) is 21.8. The molecule has 0 atom stereocenters. The van der Waals surface area contributed by atoms with Gasteiger partial charge in [-0.25, -0.2) is 4.79 Å². The van der Waals surface area contributed by atoms with Crippen LogP contribution >= 0.6 is 0 Å². The van der Waals surface area contributed by atoms with Gasteiger partial charge in [0.1, 0.15) is 11.5 Å². The van der Waals surface area contributed by atoms with Crippen LogP contribution in [0.2, 0.25) is 0 Å². The summed E-state index contributed by atoms with van der Waals surface area (Å²) in [4.78, 5) is 38.3. The zero-order valence-corrected chi connectivity index (χ0v) is 17.3. The van der Waals surface area contributed by atoms with Gasteiger partial charge in [0.25, 0.3) is 5.91 Å². The highest BCUT2D eigenvalue weighted by Crippen LogP contribution is 2.33. The molecule has 8 heteroatoms. The van der Waals surface area contributed by atoms with Gasteiger partial charge in [-0.05, 0) is 49.2 Å². The first-order chi connectivity index (χ1) is 14.9. The van der Waals surface area contributed by atoms with Crippen molar-refractivity contribution in [3.05, 3.63) is 58.1 Å². The number of phenols is 1. The number of benzene rings is 2. The predicted molar refractivity (Wildman–Crippen MR) is 110 cm³/mol. The van der Waals surface area contributed by atoms with Crippen LogP contribution in [0.25, 0.3) is 0 Å². The predicted octanol–water partition coefficient (Wildman–Crippen LogP) is 2.61. The smallest absolute Gasteiger partial charge is 0.344 e. The fourth-order valence-corrected chi connectivity index (χ4v) is 3.50. The van der Waals surface area contributed by atoms with Crippen LogP contribution in [-0.2, 0) is 22.5 Å². The second-order valence-electron chi connectivity index (χ2n) is 6.95. The van der Waals surface area contributed by atoms with E-state index in [-0.39, 0.29) is 43.5 Å². The number of rotatable bonds is 8. The molecule has 1 aliphatic heterocycles. The Morgan fingerprint density at radius 3 is 2.68 bits per heavy atom. The Balaban J connectivity index is 1.75. The number of fused-ring (bicyclic) bond motifs is 1. The van der Waals surface area contributed by atoms with Crippen molar-refractivity contribution >= 4 is 17.7 Å². The number of aromatic hydroxyl groups is 1. The Morgan fingerprint density at radius 1 is 1.23 bits per heavy atom. The molecule has 2 aromatic rings. The van der Waals surface area contributed by atoms with Crippen molar-refractivity contribution in [2.45, 2.75) is 26.8 Å². The average Bonchev–Trinajstić information content (AvgIpc) is 3.06. The number of hydrogen-bond acceptors (Lipinski definition) is 7. The van der Waals surface area contributed by atoms with Crippen LogP contribution in [-0.4, -0.2) is 47.4 Å². The molecular formula is C23H22N2O6. The topological polar surface area (TPSA) is 117 Å². The molecule has 1 heterocycles. The third-order valence-corrected chi connectivity index (χ3v) is 4.99. The highest BCUT2D eigenvalue weighted by molar-refractivity contribution is 6.05. The number of carbonyl (C=O) groups excluding carboxylic acids is 3. The van der Waals surface area contributed by atoms with Crippen molar-refractivity contribution in [1.82, 2.24) is 4.90 Å². The van der Waals surface area contributed by atoms with E-state index in [0.717, 1.165) is 0 Å². The highest BCUT2D eigenvalue weighted by Gasteiger charge is 2.30. The summed E-state index contributed by atoms with van der Waals surface area (Å²) in [6, 6.07) is 9.76. The molecule has 2 aromatic carbocycles. The summed E-state index contributed by atoms with van der Waals surface area (Å²) in [5.41, 5.74) is 2.07. The van der Waals surface area contributed by atoms with Crippen molar-refractivity contribution in [2.75, 3.05) is 19.8 Å². The minimum atomic E-state index is -0.532. The number of ether oxygens (including phenoxy) is 2. The third-order valence-electron chi connectivity index (χ3n) is 4.99. The van der Waals surface area contributed by atoms with E-state index in [4.69, 9.17) is 14.7 Å². The molecule has 3 rings (SSSR count). The zero-order chi connectivity index (χ0) is 22.5. The molecule has 0 aliphatic carbocycles. The van der Waals surface area contributed by atoms with Crippen molar-refractivity contribution in [3.8, 4) is 17.6 Å². The largest absolute Gasteiger partial charge is 0.507 e. The third kappa shape index (κ3) is 4.51. The molecule has 0 bridgehead atoms. The summed E-state index contributed by atoms with van der Waals surface area (Å²) in [6.45, 7) is 3.41. The molecule has 0 spiro atoms. The van der Waals surface area contributed by atoms with E-state index in [1.165, 1.54) is 17.0 Å². The van der Waals surface area contributed by atoms with Gasteiger partial charge in [0.2, 0.25) is 0 Å². The van der Waals surface area contributed by atoms with E-state index in [1.807, 2.05) is 6.07 Å². The number of hydrogen-bond donors (Lipinski definition) is 1. The standard InChI is InChI=1S/C23H22N2O6/c1-3-16-20(31-13-21(27)30-4-2)8-7-18(22(16)28)19(26)12-25-11-15-9-14(10-24)5-6-17(15)23(25)29/h5-9,28H,3-4,11-13H2,1-2H3. The van der Waals surface area contributed by atoms with Gasteiger partial charge in [0, 0.05) is 17.7 Å². The van der Waals surface area contributed by atoms with Gasteiger partial charge in [0.05, 0.1) is 30.3 Å². The molecule has 1 N–H and O–H groups in total. The summed E-state index contributed by atoms with van der Waals surface area (Å²) in [6.07, 6.45) is 0.371. The molecule has 0 saturated heterocycles. The normalized spacial score (nSPS) is 12.3. The Hall–Kier alpha value is -3.86. The Morgan fingerprint density at radius 2 is 2.00 bits per heavy atom. The minimum absolute atomic E-state index is 0.0711. The van der Waals surface area contributed by atoms with Crippen LogP contribution in [0, 0.1) is 11.3 Å². The van der Waals surface area contributed by atoms with Crippen molar-refractivity contribution in [1.29, 1.82) is 5.26 Å². The quantitative estimate of drug-likeness (QED) is 0.513. The highest BCUT2D eigenvalue weighted by atomic mass is 16.6. The van der Waals surface area contributed by atoms with Gasteiger partial charge in [-0.15, -0.1) is 0 Å². The molecule has 0 saturated carbocycles. The van der Waals surface area contributed by atoms with Crippen LogP contribution in [0.5, 0.6) is 11.5 Å². The Labute approximate surface area is 179 Å². The Kier molecular flexibility index (Phi) is 6.55. The number of phenolic OH excluding ortho intramolecular Hbond substituents is 1. The number of carbonyl (C=O) groups is 3. The van der Waals surface area contributed by atoms with Gasteiger partial charge in [-0.2, -0.15) is 5.26 Å². The average molecular weight is 422 g/mol. The number of esters is 1. The second kappa shape index (κ2) is 9.30. The molecule has 0 unspecified atom stereocenters. The zero-order valence-electron chi connectivity index (χ0n) is 17.3. The van der Waals surface area contributed by atoms with Crippen molar-refractivity contribution in [3.63, 3.8) is 0 Å². The molecule has 0 fully saturated rings. The first-order valence-corrected chi connectivity index (χ1v) is 9.88. The fourth-order valence-electron chi connectivity index (χ4n) is 3.50. The number of nitriles is 1. The van der Waals surface area contributed by atoms with E-state index in [9.17, 15) is 19.5 Å². The lowest BCUT2D eigenvalue weighted by molar-refractivity contribution is -0.145. The molecule has 31 heavy (non-hydrogen) atoms. The van der Waals surface area contributed by atoms with E-state index in [0.29, 0.717) is 34.4 Å². The summed E-state index contributed by atoms with van der Waals surface area (Å²) in [7, 11) is 0. The van der Waals surface area contributed by atoms with Crippen molar-refractivity contribution < 1.29 is 29.0 Å². The van der Waals surface area contributed by atoms with Crippen LogP contribution < -0.4 is 4.74 Å². The molecule has 0 aromatic heterocycles. The van der Waals surface area contributed by atoms with E-state index < -0.39 is 11.8 Å². The lowest BCUT2D eigenvalue weighted by Gasteiger charge is -2.17. The second-order valence-corrected chi connectivity index (χ2v) is 6.95. The van der Waals surface area contributed by atoms with Crippen LogP contribution in [0.1, 0.15) is 51.3 Å². The van der Waals surface area contributed by atoms with Gasteiger partial charge in [0.15, 0.2) is 12.4 Å². The van der Waals surface area contributed by atoms with E-state index in [1.54, 1.807) is 32.0 Å². The monoisotopic (exact) mass is 422 g/mol. The number of ketones is 1. The molecule has 160 valence electrons. The van der Waals surface area contributed by atoms with E-state index >= 15 is 0 Å². The molecule has 0 radical (unpaired) electrons. The summed E-state index contributed by atoms with van der Waals surface area (Å²) in [5, 5.41) is 19.7. The molecule has 1 amide bonds. The van der Waals surface area contributed by atoms with Gasteiger partial charge in [-0.1, -0.05) is 6.92 Å². The number of Topliss-reactive ketones (excluding diaryl/α,β-unsaturated/α-hetero) is 1.